The lowest BCUT2D eigenvalue weighted by atomic mass is 10.0. The van der Waals surface area contributed by atoms with Gasteiger partial charge in [0.1, 0.15) is 0 Å². The van der Waals surface area contributed by atoms with Gasteiger partial charge in [-0.1, -0.05) is 0 Å². The Kier molecular flexibility index (Phi) is 16.6. The van der Waals surface area contributed by atoms with Crippen molar-refractivity contribution >= 4 is 11.8 Å². The largest absolute Gasteiger partial charge is 0.393 e. The number of carbonyl (C=O) groups excluding carboxylic acids is 2. The van der Waals surface area contributed by atoms with Gasteiger partial charge < -0.3 is 41.3 Å². The third-order valence-corrected chi connectivity index (χ3v) is 4.73. The van der Waals surface area contributed by atoms with Crippen molar-refractivity contribution < 1.29 is 40.2 Å². The van der Waals surface area contributed by atoms with Crippen LogP contribution in [0.15, 0.2) is 0 Å². The fraction of sp³-hybridized carbons (Fsp3) is 0.905. The molecule has 0 rings (SSSR count). The highest BCUT2D eigenvalue weighted by atomic mass is 16.3. The number of hydrogen-bond acceptors (Lipinski definition) is 8. The van der Waals surface area contributed by atoms with E-state index >= 15 is 0 Å². The second-order valence-electron chi connectivity index (χ2n) is 8.40. The Hall–Kier alpha value is -1.30. The van der Waals surface area contributed by atoms with E-state index in [2.05, 4.69) is 10.6 Å². The van der Waals surface area contributed by atoms with Crippen LogP contribution in [0.1, 0.15) is 71.6 Å². The van der Waals surface area contributed by atoms with Crippen LogP contribution in [0.4, 0.5) is 0 Å². The third kappa shape index (κ3) is 19.1. The van der Waals surface area contributed by atoms with Crippen molar-refractivity contribution in [1.29, 1.82) is 0 Å². The highest BCUT2D eigenvalue weighted by Gasteiger charge is 2.16. The summed E-state index contributed by atoms with van der Waals surface area (Å²) in [5.74, 6) is -0.648. The smallest absolute Gasteiger partial charge is 0.222 e. The zero-order valence-electron chi connectivity index (χ0n) is 18.7. The lowest BCUT2D eigenvalue weighted by Gasteiger charge is -2.16. The average Bonchev–Trinajstić information content (AvgIpc) is 2.63. The minimum atomic E-state index is -0.871. The summed E-state index contributed by atoms with van der Waals surface area (Å²) < 4.78 is 0. The van der Waals surface area contributed by atoms with Crippen LogP contribution in [0.25, 0.3) is 0 Å². The molecule has 8 N–H and O–H groups in total. The van der Waals surface area contributed by atoms with E-state index in [0.717, 1.165) is 0 Å². The van der Waals surface area contributed by atoms with Gasteiger partial charge in [-0.2, -0.15) is 0 Å². The Morgan fingerprint density at radius 1 is 0.613 bits per heavy atom. The summed E-state index contributed by atoms with van der Waals surface area (Å²) in [7, 11) is 0. The molecular formula is C21H42N2O8. The highest BCUT2D eigenvalue weighted by molar-refractivity contribution is 5.77. The van der Waals surface area contributed by atoms with Gasteiger partial charge in [-0.15, -0.1) is 0 Å². The third-order valence-electron chi connectivity index (χ3n) is 4.73. The SMILES string of the molecule is CC(O)CC(O)CCC(O)CC(=O)NCCCNC(=O)CC(O)CCC(O)CC(C)O. The molecule has 0 aliphatic carbocycles. The molecule has 10 nitrogen and oxygen atoms in total. The number of amides is 2. The molecule has 184 valence electrons. The number of nitrogens with one attached hydrogen (secondary N) is 2. The molecule has 0 aromatic heterocycles. The second-order valence-corrected chi connectivity index (χ2v) is 8.40. The maximum absolute atomic E-state index is 11.8. The van der Waals surface area contributed by atoms with E-state index in [1.807, 2.05) is 0 Å². The number of aliphatic hydroxyl groups excluding tert-OH is 6. The van der Waals surface area contributed by atoms with Crippen LogP contribution in [0.3, 0.4) is 0 Å². The zero-order chi connectivity index (χ0) is 23.8. The van der Waals surface area contributed by atoms with E-state index < -0.39 is 36.6 Å². The van der Waals surface area contributed by atoms with Crippen molar-refractivity contribution in [2.45, 2.75) is 108 Å². The van der Waals surface area contributed by atoms with Crippen LogP contribution in [0.2, 0.25) is 0 Å². The predicted molar refractivity (Wildman–Crippen MR) is 115 cm³/mol. The molecule has 0 bridgehead atoms. The normalized spacial score (nSPS) is 17.3. The number of hydrogen-bond donors (Lipinski definition) is 8. The summed E-state index contributed by atoms with van der Waals surface area (Å²) in [5.41, 5.74) is 0. The highest BCUT2D eigenvalue weighted by Crippen LogP contribution is 2.10. The van der Waals surface area contributed by atoms with Crippen LogP contribution in [0.5, 0.6) is 0 Å². The molecule has 0 aromatic carbocycles. The van der Waals surface area contributed by atoms with Gasteiger partial charge in [0.15, 0.2) is 0 Å². The van der Waals surface area contributed by atoms with E-state index in [9.17, 15) is 40.2 Å². The standard InChI is InChI=1S/C21H42N2O8/c1-14(24)10-16(26)4-6-18(28)12-20(30)22-8-3-9-23-21(31)13-19(29)7-5-17(27)11-15(2)25/h14-19,24-29H,3-13H2,1-2H3,(H,22,30)(H,23,31). The lowest BCUT2D eigenvalue weighted by Crippen LogP contribution is -2.33. The van der Waals surface area contributed by atoms with Gasteiger partial charge in [0.2, 0.25) is 11.8 Å². The second kappa shape index (κ2) is 17.3. The Labute approximate surface area is 184 Å². The van der Waals surface area contributed by atoms with E-state index in [1.54, 1.807) is 13.8 Å². The summed E-state index contributed by atoms with van der Waals surface area (Å²) in [6.07, 6.45) is -2.50. The minimum Gasteiger partial charge on any atom is -0.393 e. The van der Waals surface area contributed by atoms with Crippen molar-refractivity contribution in [3.05, 3.63) is 0 Å². The minimum absolute atomic E-state index is 0.0825. The number of carbonyl (C=O) groups is 2. The zero-order valence-corrected chi connectivity index (χ0v) is 18.7. The topological polar surface area (TPSA) is 180 Å². The summed E-state index contributed by atoms with van der Waals surface area (Å²) >= 11 is 0. The quantitative estimate of drug-likeness (QED) is 0.122. The summed E-state index contributed by atoms with van der Waals surface area (Å²) in [4.78, 5) is 23.6. The van der Waals surface area contributed by atoms with Gasteiger partial charge in [0.25, 0.3) is 0 Å². The summed E-state index contributed by atoms with van der Waals surface area (Å²) in [6.45, 7) is 3.80. The molecule has 0 spiro atoms. The molecule has 0 saturated carbocycles. The monoisotopic (exact) mass is 450 g/mol. The Bertz CT molecular complexity index is 448. The van der Waals surface area contributed by atoms with Gasteiger partial charge in [0.05, 0.1) is 49.5 Å². The van der Waals surface area contributed by atoms with Crippen LogP contribution < -0.4 is 10.6 Å². The van der Waals surface area contributed by atoms with Crippen molar-refractivity contribution in [2.75, 3.05) is 13.1 Å². The summed E-state index contributed by atoms with van der Waals surface area (Å²) in [5, 5.41) is 62.6. The van der Waals surface area contributed by atoms with Crippen molar-refractivity contribution in [1.82, 2.24) is 10.6 Å². The Morgan fingerprint density at radius 2 is 0.935 bits per heavy atom. The Morgan fingerprint density at radius 3 is 1.26 bits per heavy atom. The maximum Gasteiger partial charge on any atom is 0.222 e. The molecule has 0 aromatic rings. The van der Waals surface area contributed by atoms with Crippen LogP contribution in [-0.4, -0.2) is 92.2 Å². The van der Waals surface area contributed by atoms with Crippen molar-refractivity contribution in [2.24, 2.45) is 0 Å². The lowest BCUT2D eigenvalue weighted by molar-refractivity contribution is -0.123. The summed E-state index contributed by atoms with van der Waals surface area (Å²) in [6, 6.07) is 0. The molecule has 0 heterocycles. The van der Waals surface area contributed by atoms with Crippen LogP contribution >= 0.6 is 0 Å². The van der Waals surface area contributed by atoms with Crippen LogP contribution in [0, 0.1) is 0 Å². The molecular weight excluding hydrogens is 408 g/mol. The molecule has 31 heavy (non-hydrogen) atoms. The van der Waals surface area contributed by atoms with Gasteiger partial charge >= 0.3 is 0 Å². The maximum atomic E-state index is 11.8. The van der Waals surface area contributed by atoms with E-state index in [-0.39, 0.29) is 50.3 Å². The van der Waals surface area contributed by atoms with E-state index in [4.69, 9.17) is 0 Å². The Balaban J connectivity index is 3.77. The van der Waals surface area contributed by atoms with Gasteiger partial charge in [-0.3, -0.25) is 9.59 Å². The molecule has 6 atom stereocenters. The average molecular weight is 451 g/mol. The molecule has 0 radical (unpaired) electrons. The molecule has 10 heteroatoms. The van der Waals surface area contributed by atoms with Crippen molar-refractivity contribution in [3.63, 3.8) is 0 Å². The van der Waals surface area contributed by atoms with Crippen LogP contribution in [-0.2, 0) is 9.59 Å². The fourth-order valence-electron chi connectivity index (χ4n) is 3.11. The molecule has 6 unspecified atom stereocenters. The molecule has 0 aliphatic rings. The van der Waals surface area contributed by atoms with Gasteiger partial charge in [0, 0.05) is 13.1 Å². The molecule has 2 amide bonds. The first-order valence-corrected chi connectivity index (χ1v) is 11.1. The van der Waals surface area contributed by atoms with Crippen molar-refractivity contribution in [3.8, 4) is 0 Å². The molecule has 0 saturated heterocycles. The van der Waals surface area contributed by atoms with Gasteiger partial charge in [-0.05, 0) is 58.8 Å². The van der Waals surface area contributed by atoms with Gasteiger partial charge in [-0.25, -0.2) is 0 Å². The fourth-order valence-corrected chi connectivity index (χ4v) is 3.11. The predicted octanol–water partition coefficient (Wildman–Crippen LogP) is -1.07. The first-order valence-electron chi connectivity index (χ1n) is 11.1. The molecule has 0 fully saturated rings. The van der Waals surface area contributed by atoms with E-state index in [1.165, 1.54) is 0 Å². The van der Waals surface area contributed by atoms with E-state index in [0.29, 0.717) is 32.4 Å². The first kappa shape index (κ1) is 29.7. The first-order chi connectivity index (χ1) is 14.5. The molecule has 0 aliphatic heterocycles. The number of rotatable bonds is 18. The number of aliphatic hydroxyl groups is 6.